The first-order valence-corrected chi connectivity index (χ1v) is 11.2. The molecule has 0 saturated carbocycles. The SMILES string of the molecule is COc1ccc(-n2c(SCC(=O)Nc3ccc4c(c3)OCCO4)nnc2-c2ccco2)cc1. The maximum Gasteiger partial charge on any atom is 0.234 e. The second kappa shape index (κ2) is 9.29. The van der Waals surface area contributed by atoms with Crippen molar-refractivity contribution in [3.05, 3.63) is 60.9 Å². The number of methoxy groups -OCH3 is 1. The zero-order valence-electron chi connectivity index (χ0n) is 17.7. The minimum Gasteiger partial charge on any atom is -0.497 e. The molecule has 33 heavy (non-hydrogen) atoms. The van der Waals surface area contributed by atoms with Crippen LogP contribution in [0, 0.1) is 0 Å². The Labute approximate surface area is 193 Å². The van der Waals surface area contributed by atoms with Crippen molar-refractivity contribution in [3.63, 3.8) is 0 Å². The molecule has 10 heteroatoms. The highest BCUT2D eigenvalue weighted by atomic mass is 32.2. The predicted octanol–water partition coefficient (Wildman–Crippen LogP) is 4.04. The van der Waals surface area contributed by atoms with Crippen molar-refractivity contribution in [3.8, 4) is 34.5 Å². The van der Waals surface area contributed by atoms with E-state index in [-0.39, 0.29) is 11.7 Å². The number of thioether (sulfide) groups is 1. The Hall–Kier alpha value is -3.92. The Morgan fingerprint density at radius 3 is 2.67 bits per heavy atom. The third-order valence-corrected chi connectivity index (χ3v) is 5.79. The van der Waals surface area contributed by atoms with Crippen LogP contribution in [0.2, 0.25) is 0 Å². The Morgan fingerprint density at radius 1 is 1.09 bits per heavy atom. The number of nitrogens with one attached hydrogen (secondary N) is 1. The molecule has 9 nitrogen and oxygen atoms in total. The fourth-order valence-electron chi connectivity index (χ4n) is 3.34. The number of aromatic nitrogens is 3. The number of amides is 1. The number of fused-ring (bicyclic) bond motifs is 1. The molecular weight excluding hydrogens is 444 g/mol. The molecule has 2 aromatic carbocycles. The number of carbonyl (C=O) groups is 1. The van der Waals surface area contributed by atoms with Gasteiger partial charge in [0.25, 0.3) is 0 Å². The lowest BCUT2D eigenvalue weighted by Gasteiger charge is -2.19. The molecule has 0 saturated heterocycles. The Bertz CT molecular complexity index is 1250. The van der Waals surface area contributed by atoms with Crippen molar-refractivity contribution < 1.29 is 23.4 Å². The zero-order chi connectivity index (χ0) is 22.6. The smallest absolute Gasteiger partial charge is 0.234 e. The average Bonchev–Trinajstić information content (AvgIpc) is 3.53. The summed E-state index contributed by atoms with van der Waals surface area (Å²) in [6, 6.07) is 16.4. The van der Waals surface area contributed by atoms with E-state index in [0.717, 1.165) is 11.4 Å². The maximum absolute atomic E-state index is 12.6. The molecule has 1 aliphatic rings. The van der Waals surface area contributed by atoms with Crippen LogP contribution in [0.15, 0.2) is 70.4 Å². The van der Waals surface area contributed by atoms with Gasteiger partial charge in [-0.2, -0.15) is 0 Å². The van der Waals surface area contributed by atoms with Gasteiger partial charge in [-0.3, -0.25) is 9.36 Å². The molecule has 1 amide bonds. The number of hydrogen-bond donors (Lipinski definition) is 1. The van der Waals surface area contributed by atoms with Crippen LogP contribution in [0.5, 0.6) is 17.2 Å². The van der Waals surface area contributed by atoms with E-state index >= 15 is 0 Å². The first-order valence-electron chi connectivity index (χ1n) is 10.2. The largest absolute Gasteiger partial charge is 0.497 e. The Morgan fingerprint density at radius 2 is 1.91 bits per heavy atom. The molecule has 0 atom stereocenters. The van der Waals surface area contributed by atoms with Crippen molar-refractivity contribution >= 4 is 23.4 Å². The normalized spacial score (nSPS) is 12.4. The summed E-state index contributed by atoms with van der Waals surface area (Å²) < 4.78 is 23.7. The van der Waals surface area contributed by atoms with Gasteiger partial charge in [0.15, 0.2) is 22.4 Å². The van der Waals surface area contributed by atoms with E-state index in [1.807, 2.05) is 34.9 Å². The van der Waals surface area contributed by atoms with Crippen LogP contribution in [0.3, 0.4) is 0 Å². The first kappa shape index (κ1) is 21.0. The molecule has 0 spiro atoms. The summed E-state index contributed by atoms with van der Waals surface area (Å²) in [5.41, 5.74) is 1.46. The number of benzene rings is 2. The monoisotopic (exact) mass is 464 g/mol. The molecule has 4 aromatic rings. The maximum atomic E-state index is 12.6. The summed E-state index contributed by atoms with van der Waals surface area (Å²) in [4.78, 5) is 12.6. The molecule has 168 valence electrons. The van der Waals surface area contributed by atoms with Crippen LogP contribution in [-0.4, -0.2) is 46.7 Å². The highest BCUT2D eigenvalue weighted by Gasteiger charge is 2.19. The number of hydrogen-bond acceptors (Lipinski definition) is 8. The van der Waals surface area contributed by atoms with E-state index in [2.05, 4.69) is 15.5 Å². The van der Waals surface area contributed by atoms with Gasteiger partial charge in [-0.15, -0.1) is 10.2 Å². The molecule has 5 rings (SSSR count). The summed E-state index contributed by atoms with van der Waals surface area (Å²) in [7, 11) is 1.61. The summed E-state index contributed by atoms with van der Waals surface area (Å²) >= 11 is 1.27. The highest BCUT2D eigenvalue weighted by Crippen LogP contribution is 2.33. The summed E-state index contributed by atoms with van der Waals surface area (Å²) in [5.74, 6) is 3.10. The van der Waals surface area contributed by atoms with Crippen LogP contribution >= 0.6 is 11.8 Å². The lowest BCUT2D eigenvalue weighted by molar-refractivity contribution is -0.113. The van der Waals surface area contributed by atoms with E-state index < -0.39 is 0 Å². The first-order chi connectivity index (χ1) is 16.2. The molecular formula is C23H20N4O5S. The van der Waals surface area contributed by atoms with Crippen LogP contribution < -0.4 is 19.5 Å². The van der Waals surface area contributed by atoms with Crippen LogP contribution in [0.1, 0.15) is 0 Å². The Balaban J connectivity index is 1.34. The molecule has 1 N–H and O–H groups in total. The van der Waals surface area contributed by atoms with Crippen molar-refractivity contribution in [2.24, 2.45) is 0 Å². The average molecular weight is 465 g/mol. The zero-order valence-corrected chi connectivity index (χ0v) is 18.5. The predicted molar refractivity (Wildman–Crippen MR) is 122 cm³/mol. The van der Waals surface area contributed by atoms with E-state index in [1.165, 1.54) is 11.8 Å². The van der Waals surface area contributed by atoms with Crippen LogP contribution in [0.4, 0.5) is 5.69 Å². The van der Waals surface area contributed by atoms with Crippen LogP contribution in [0.25, 0.3) is 17.3 Å². The molecule has 3 heterocycles. The highest BCUT2D eigenvalue weighted by molar-refractivity contribution is 7.99. The van der Waals surface area contributed by atoms with Crippen LogP contribution in [-0.2, 0) is 4.79 Å². The minimum absolute atomic E-state index is 0.140. The van der Waals surface area contributed by atoms with E-state index in [4.69, 9.17) is 18.6 Å². The number of rotatable bonds is 7. The molecule has 0 aliphatic carbocycles. The van der Waals surface area contributed by atoms with Crippen molar-refractivity contribution in [1.29, 1.82) is 0 Å². The summed E-state index contributed by atoms with van der Waals surface area (Å²) in [6.45, 7) is 1.00. The van der Waals surface area contributed by atoms with Gasteiger partial charge in [-0.1, -0.05) is 11.8 Å². The lowest BCUT2D eigenvalue weighted by atomic mass is 10.2. The third kappa shape index (κ3) is 4.51. The fraction of sp³-hybridized carbons (Fsp3) is 0.174. The van der Waals surface area contributed by atoms with Gasteiger partial charge in [0.1, 0.15) is 19.0 Å². The number of carbonyl (C=O) groups excluding carboxylic acids is 1. The van der Waals surface area contributed by atoms with Gasteiger partial charge in [-0.25, -0.2) is 0 Å². The van der Waals surface area contributed by atoms with Gasteiger partial charge in [0.05, 0.1) is 24.8 Å². The number of furan rings is 1. The number of nitrogens with zero attached hydrogens (tertiary/aromatic N) is 3. The van der Waals surface area contributed by atoms with Gasteiger partial charge in [-0.05, 0) is 48.5 Å². The lowest BCUT2D eigenvalue weighted by Crippen LogP contribution is -2.17. The molecule has 1 aliphatic heterocycles. The van der Waals surface area contributed by atoms with Gasteiger partial charge < -0.3 is 23.9 Å². The standard InChI is InChI=1S/C23H20N4O5S/c1-29-17-7-5-16(6-8-17)27-22(19-3-2-10-30-19)25-26-23(27)33-14-21(28)24-15-4-9-18-20(13-15)32-12-11-31-18/h2-10,13H,11-12,14H2,1H3,(H,24,28). The topological polar surface area (TPSA) is 101 Å². The van der Waals surface area contributed by atoms with E-state index in [1.54, 1.807) is 37.6 Å². The molecule has 0 bridgehead atoms. The van der Waals surface area contributed by atoms with E-state index in [0.29, 0.717) is 47.1 Å². The molecule has 2 aromatic heterocycles. The van der Waals surface area contributed by atoms with Crippen molar-refractivity contribution in [2.45, 2.75) is 5.16 Å². The number of ether oxygens (including phenoxy) is 3. The van der Waals surface area contributed by atoms with Gasteiger partial charge in [0, 0.05) is 11.8 Å². The second-order valence-electron chi connectivity index (χ2n) is 7.01. The third-order valence-electron chi connectivity index (χ3n) is 4.86. The second-order valence-corrected chi connectivity index (χ2v) is 7.95. The summed E-state index contributed by atoms with van der Waals surface area (Å²) in [6.07, 6.45) is 1.58. The molecule has 0 unspecified atom stereocenters. The number of anilines is 1. The van der Waals surface area contributed by atoms with Gasteiger partial charge >= 0.3 is 0 Å². The van der Waals surface area contributed by atoms with Crippen molar-refractivity contribution in [1.82, 2.24) is 14.8 Å². The molecule has 0 radical (unpaired) electrons. The quantitative estimate of drug-likeness (QED) is 0.409. The van der Waals surface area contributed by atoms with Gasteiger partial charge in [0.2, 0.25) is 11.7 Å². The Kier molecular flexibility index (Phi) is 5.90. The summed E-state index contributed by atoms with van der Waals surface area (Å²) in [5, 5.41) is 12.0. The fourth-order valence-corrected chi connectivity index (χ4v) is 4.09. The molecule has 0 fully saturated rings. The van der Waals surface area contributed by atoms with Crippen molar-refractivity contribution in [2.75, 3.05) is 31.4 Å². The van der Waals surface area contributed by atoms with E-state index in [9.17, 15) is 4.79 Å². The minimum atomic E-state index is -0.180.